The molecule has 5 nitrogen and oxygen atoms in total. The van der Waals surface area contributed by atoms with Crippen molar-refractivity contribution >= 4 is 19.7 Å². The second-order valence-corrected chi connectivity index (χ2v) is 10.5. The van der Waals surface area contributed by atoms with Gasteiger partial charge in [-0.3, -0.25) is 0 Å². The van der Waals surface area contributed by atoms with Gasteiger partial charge in [0.15, 0.2) is 19.7 Å². The Morgan fingerprint density at radius 2 is 1.65 bits per heavy atom. The van der Waals surface area contributed by atoms with Crippen molar-refractivity contribution in [1.29, 1.82) is 0 Å². The van der Waals surface area contributed by atoms with Crippen molar-refractivity contribution in [3.8, 4) is 0 Å². The number of hydrogen-bond acceptors (Lipinski definition) is 5. The van der Waals surface area contributed by atoms with Crippen LogP contribution in [0.3, 0.4) is 0 Å². The van der Waals surface area contributed by atoms with Crippen LogP contribution in [0.5, 0.6) is 0 Å². The lowest BCUT2D eigenvalue weighted by atomic mass is 10.2. The molecule has 2 aromatic carbocycles. The Kier molecular flexibility index (Phi) is 5.14. The van der Waals surface area contributed by atoms with E-state index in [1.54, 1.807) is 6.07 Å². The fourth-order valence-corrected chi connectivity index (χ4v) is 7.71. The number of nitrogens with one attached hydrogen (secondary N) is 1. The third-order valence-corrected chi connectivity index (χ3v) is 8.52. The highest BCUT2D eigenvalue weighted by Crippen LogP contribution is 2.26. The zero-order valence-electron chi connectivity index (χ0n) is 13.6. The second kappa shape index (κ2) is 7.05. The first-order chi connectivity index (χ1) is 12.2. The summed E-state index contributed by atoms with van der Waals surface area (Å²) >= 11 is 0. The van der Waals surface area contributed by atoms with Gasteiger partial charge >= 0.3 is 0 Å². The van der Waals surface area contributed by atoms with Gasteiger partial charge in [-0.15, -0.1) is 0 Å². The average Bonchev–Trinajstić information content (AvgIpc) is 2.90. The van der Waals surface area contributed by atoms with Crippen LogP contribution in [-0.4, -0.2) is 39.6 Å². The van der Waals surface area contributed by atoms with Crippen molar-refractivity contribution < 1.29 is 25.6 Å². The average molecular weight is 401 g/mol. The van der Waals surface area contributed by atoms with Crippen molar-refractivity contribution in [3.63, 3.8) is 0 Å². The largest absolute Gasteiger partial charge is 0.307 e. The van der Waals surface area contributed by atoms with Gasteiger partial charge in [0.05, 0.1) is 21.7 Å². The topological polar surface area (TPSA) is 80.3 Å². The molecule has 2 aromatic rings. The zero-order valence-corrected chi connectivity index (χ0v) is 15.2. The molecule has 1 aliphatic heterocycles. The third-order valence-electron chi connectivity index (χ3n) is 4.35. The Morgan fingerprint density at radius 1 is 1.00 bits per heavy atom. The molecular formula is C17H17F2NO4S2. The van der Waals surface area contributed by atoms with Gasteiger partial charge < -0.3 is 5.32 Å². The first kappa shape index (κ1) is 18.9. The van der Waals surface area contributed by atoms with Gasteiger partial charge in [-0.1, -0.05) is 18.2 Å². The molecule has 0 radical (unpaired) electrons. The molecule has 1 saturated heterocycles. The third kappa shape index (κ3) is 3.94. The van der Waals surface area contributed by atoms with Crippen LogP contribution in [0.2, 0.25) is 0 Å². The lowest BCUT2D eigenvalue weighted by molar-refractivity contribution is 0.515. The molecule has 0 spiro atoms. The van der Waals surface area contributed by atoms with Crippen molar-refractivity contribution in [1.82, 2.24) is 5.32 Å². The minimum Gasteiger partial charge on any atom is -0.307 e. The van der Waals surface area contributed by atoms with Gasteiger partial charge in [0.2, 0.25) is 0 Å². The van der Waals surface area contributed by atoms with Crippen molar-refractivity contribution in [2.45, 2.75) is 22.7 Å². The molecule has 0 aromatic heterocycles. The number of rotatable bonds is 5. The van der Waals surface area contributed by atoms with Crippen LogP contribution in [0.25, 0.3) is 0 Å². The van der Waals surface area contributed by atoms with E-state index in [1.807, 2.05) is 0 Å². The lowest BCUT2D eigenvalue weighted by Gasteiger charge is -2.20. The molecule has 2 atom stereocenters. The maximum Gasteiger partial charge on any atom is 0.183 e. The Hall–Kier alpha value is -1.84. The van der Waals surface area contributed by atoms with Crippen LogP contribution >= 0.6 is 0 Å². The molecule has 9 heteroatoms. The fraction of sp³-hybridized carbons (Fsp3) is 0.294. The monoisotopic (exact) mass is 401 g/mol. The van der Waals surface area contributed by atoms with E-state index in [2.05, 4.69) is 5.32 Å². The predicted molar refractivity (Wildman–Crippen MR) is 93.1 cm³/mol. The van der Waals surface area contributed by atoms with E-state index in [1.165, 1.54) is 18.2 Å². The second-order valence-electron chi connectivity index (χ2n) is 6.19. The van der Waals surface area contributed by atoms with Gasteiger partial charge in [-0.2, -0.15) is 0 Å². The van der Waals surface area contributed by atoms with Crippen LogP contribution in [0, 0.1) is 11.6 Å². The summed E-state index contributed by atoms with van der Waals surface area (Å²) in [5.41, 5.74) is 0.315. The summed E-state index contributed by atoms with van der Waals surface area (Å²) in [5.74, 6) is -1.93. The van der Waals surface area contributed by atoms with Gasteiger partial charge in [0.25, 0.3) is 0 Å². The van der Waals surface area contributed by atoms with Crippen molar-refractivity contribution in [2.75, 3.05) is 11.5 Å². The number of sulfone groups is 2. The predicted octanol–water partition coefficient (Wildman–Crippen LogP) is 1.69. The van der Waals surface area contributed by atoms with E-state index in [9.17, 15) is 25.6 Å². The summed E-state index contributed by atoms with van der Waals surface area (Å²) in [5, 5.41) is 1.64. The minimum absolute atomic E-state index is 0.00228. The lowest BCUT2D eigenvalue weighted by Crippen LogP contribution is -2.43. The summed E-state index contributed by atoms with van der Waals surface area (Å²) < 4.78 is 76.5. The molecule has 0 aliphatic carbocycles. The summed E-state index contributed by atoms with van der Waals surface area (Å²) in [6.07, 6.45) is 0. The molecule has 1 aliphatic rings. The van der Waals surface area contributed by atoms with Crippen LogP contribution in [0.15, 0.2) is 53.4 Å². The molecular weight excluding hydrogens is 384 g/mol. The highest BCUT2D eigenvalue weighted by atomic mass is 32.2. The maximum atomic E-state index is 13.7. The highest BCUT2D eigenvalue weighted by Gasteiger charge is 2.45. The quantitative estimate of drug-likeness (QED) is 0.772. The molecule has 26 heavy (non-hydrogen) atoms. The Bertz CT molecular complexity index is 1010. The fourth-order valence-electron chi connectivity index (χ4n) is 2.99. The summed E-state index contributed by atoms with van der Waals surface area (Å²) in [6.45, 7) is 0.00228. The van der Waals surface area contributed by atoms with Crippen LogP contribution in [0.1, 0.15) is 5.56 Å². The summed E-state index contributed by atoms with van der Waals surface area (Å²) in [7, 11) is -7.56. The van der Waals surface area contributed by atoms with Gasteiger partial charge in [-0.05, 0) is 30.3 Å². The first-order valence-corrected chi connectivity index (χ1v) is 11.2. The molecule has 1 fully saturated rings. The van der Waals surface area contributed by atoms with Crippen molar-refractivity contribution in [3.05, 3.63) is 65.7 Å². The SMILES string of the molecule is O=S1(=O)CC(NCc2ccccc2F)C(S(=O)(=O)c2ccc(F)cc2)C1. The van der Waals surface area contributed by atoms with Gasteiger partial charge in [0, 0.05) is 18.2 Å². The van der Waals surface area contributed by atoms with E-state index in [0.717, 1.165) is 24.3 Å². The van der Waals surface area contributed by atoms with E-state index in [0.29, 0.717) is 5.56 Å². The molecule has 140 valence electrons. The minimum atomic E-state index is -3.99. The molecule has 0 saturated carbocycles. The molecule has 1 heterocycles. The van der Waals surface area contributed by atoms with E-state index >= 15 is 0 Å². The Balaban J connectivity index is 1.86. The standard InChI is InChI=1S/C17H17F2NO4S2/c18-13-5-7-14(8-6-13)26(23,24)17-11-25(21,22)10-16(17)20-9-12-3-1-2-4-15(12)19/h1-8,16-17,20H,9-11H2. The van der Waals surface area contributed by atoms with Crippen molar-refractivity contribution in [2.24, 2.45) is 0 Å². The smallest absolute Gasteiger partial charge is 0.183 e. The van der Waals surface area contributed by atoms with Crippen LogP contribution in [-0.2, 0) is 26.2 Å². The van der Waals surface area contributed by atoms with Crippen LogP contribution < -0.4 is 5.32 Å². The van der Waals surface area contributed by atoms with E-state index < -0.39 is 48.4 Å². The summed E-state index contributed by atoms with van der Waals surface area (Å²) in [4.78, 5) is -0.140. The first-order valence-electron chi connectivity index (χ1n) is 7.86. The normalized spacial score (nSPS) is 22.4. The molecule has 2 unspecified atom stereocenters. The number of benzene rings is 2. The maximum absolute atomic E-state index is 13.7. The molecule has 0 bridgehead atoms. The molecule has 3 rings (SSSR count). The zero-order chi connectivity index (χ0) is 18.9. The number of halogens is 2. The Morgan fingerprint density at radius 3 is 2.31 bits per heavy atom. The van der Waals surface area contributed by atoms with Crippen LogP contribution in [0.4, 0.5) is 8.78 Å². The van der Waals surface area contributed by atoms with E-state index in [-0.39, 0.29) is 17.2 Å². The Labute approximate surface area is 150 Å². The van der Waals surface area contributed by atoms with E-state index in [4.69, 9.17) is 0 Å². The summed E-state index contributed by atoms with van der Waals surface area (Å²) in [6, 6.07) is 9.35. The van der Waals surface area contributed by atoms with Gasteiger partial charge in [-0.25, -0.2) is 25.6 Å². The van der Waals surface area contributed by atoms with Gasteiger partial charge in [0.1, 0.15) is 11.6 Å². The molecule has 0 amide bonds. The number of hydrogen-bond donors (Lipinski definition) is 1. The molecule has 1 N–H and O–H groups in total. The highest BCUT2D eigenvalue weighted by molar-refractivity contribution is 7.96.